The molecule has 0 saturated heterocycles. The lowest BCUT2D eigenvalue weighted by molar-refractivity contribution is 1.20. The topological polar surface area (TPSA) is 43.1 Å². The van der Waals surface area contributed by atoms with Gasteiger partial charge in [-0.15, -0.1) is 0 Å². The zero-order valence-electron chi connectivity index (χ0n) is 12.2. The number of hydrogen-bond donors (Lipinski definition) is 0. The van der Waals surface area contributed by atoms with Crippen LogP contribution in [0.2, 0.25) is 0 Å². The summed E-state index contributed by atoms with van der Waals surface area (Å²) in [7, 11) is 0. The van der Waals surface area contributed by atoms with Crippen LogP contribution in [0, 0.1) is 0 Å². The summed E-state index contributed by atoms with van der Waals surface area (Å²) in [6.45, 7) is 0. The van der Waals surface area contributed by atoms with Crippen molar-refractivity contribution >= 4 is 27.7 Å². The van der Waals surface area contributed by atoms with E-state index < -0.39 is 0 Å². The van der Waals surface area contributed by atoms with E-state index in [1.165, 1.54) is 0 Å². The Bertz CT molecular complexity index is 1160. The number of nitrogens with zero attached hydrogens (tertiary/aromatic N) is 4. The summed E-state index contributed by atoms with van der Waals surface area (Å²) in [5.74, 6) is 0. The summed E-state index contributed by atoms with van der Waals surface area (Å²) < 4.78 is 2.08. The summed E-state index contributed by atoms with van der Waals surface area (Å²) >= 11 is 0. The van der Waals surface area contributed by atoms with Crippen LogP contribution in [0.3, 0.4) is 0 Å². The molecule has 0 aliphatic rings. The lowest BCUT2D eigenvalue weighted by atomic mass is 10.1. The maximum absolute atomic E-state index is 4.87. The SMILES string of the molecule is c1ccc(-c2c3nc4ccccc4nc3n3ccccc23)nc1. The minimum atomic E-state index is 0.861. The van der Waals surface area contributed by atoms with E-state index in [-0.39, 0.29) is 0 Å². The minimum absolute atomic E-state index is 0.861. The molecule has 0 amide bonds. The highest BCUT2D eigenvalue weighted by molar-refractivity contribution is 6.03. The van der Waals surface area contributed by atoms with Gasteiger partial charge in [-0.05, 0) is 36.4 Å². The van der Waals surface area contributed by atoms with Crippen molar-refractivity contribution in [2.75, 3.05) is 0 Å². The first kappa shape index (κ1) is 12.3. The smallest absolute Gasteiger partial charge is 0.164 e. The lowest BCUT2D eigenvalue weighted by Gasteiger charge is -2.00. The standard InChI is InChI=1S/C19H12N4/c1-2-8-14-13(7-1)21-18-17(15-9-3-5-11-20-15)16-10-4-6-12-23(16)19(18)22-14/h1-12H. The second-order valence-electron chi connectivity index (χ2n) is 5.43. The van der Waals surface area contributed by atoms with Gasteiger partial charge in [0.15, 0.2) is 5.65 Å². The summed E-state index contributed by atoms with van der Waals surface area (Å²) in [5.41, 5.74) is 6.55. The van der Waals surface area contributed by atoms with Crippen molar-refractivity contribution < 1.29 is 0 Å². The van der Waals surface area contributed by atoms with Gasteiger partial charge in [0, 0.05) is 12.4 Å². The highest BCUT2D eigenvalue weighted by Gasteiger charge is 2.17. The van der Waals surface area contributed by atoms with Crippen molar-refractivity contribution in [1.29, 1.82) is 0 Å². The van der Waals surface area contributed by atoms with Crippen molar-refractivity contribution in [2.24, 2.45) is 0 Å². The fraction of sp³-hybridized carbons (Fsp3) is 0. The zero-order chi connectivity index (χ0) is 15.2. The number of pyridine rings is 2. The van der Waals surface area contributed by atoms with E-state index in [9.17, 15) is 0 Å². The molecule has 5 aromatic rings. The summed E-state index contributed by atoms with van der Waals surface area (Å²) in [6.07, 6.45) is 3.83. The Labute approximate surface area is 132 Å². The second kappa shape index (κ2) is 4.61. The van der Waals surface area contributed by atoms with Crippen LogP contribution in [-0.4, -0.2) is 19.4 Å². The zero-order valence-corrected chi connectivity index (χ0v) is 12.2. The Morgan fingerprint density at radius 2 is 1.52 bits per heavy atom. The molecule has 0 unspecified atom stereocenters. The number of benzene rings is 1. The number of hydrogen-bond acceptors (Lipinski definition) is 3. The lowest BCUT2D eigenvalue weighted by Crippen LogP contribution is -1.88. The van der Waals surface area contributed by atoms with Crippen LogP contribution < -0.4 is 0 Å². The molecule has 0 radical (unpaired) electrons. The largest absolute Gasteiger partial charge is 0.299 e. The summed E-state index contributed by atoms with van der Waals surface area (Å²) in [4.78, 5) is 14.2. The molecule has 4 heterocycles. The molecule has 0 spiro atoms. The van der Waals surface area contributed by atoms with E-state index in [0.29, 0.717) is 0 Å². The van der Waals surface area contributed by atoms with Gasteiger partial charge >= 0.3 is 0 Å². The van der Waals surface area contributed by atoms with Gasteiger partial charge in [-0.1, -0.05) is 24.3 Å². The van der Waals surface area contributed by atoms with Gasteiger partial charge in [0.2, 0.25) is 0 Å². The van der Waals surface area contributed by atoms with Crippen LogP contribution in [0.4, 0.5) is 0 Å². The Balaban J connectivity index is 2.03. The molecule has 0 aliphatic heterocycles. The maximum atomic E-state index is 4.87. The van der Waals surface area contributed by atoms with Gasteiger partial charge in [-0.25, -0.2) is 9.97 Å². The van der Waals surface area contributed by atoms with Gasteiger partial charge < -0.3 is 0 Å². The Morgan fingerprint density at radius 3 is 2.35 bits per heavy atom. The summed E-state index contributed by atoms with van der Waals surface area (Å²) in [6, 6.07) is 20.0. The van der Waals surface area contributed by atoms with Crippen molar-refractivity contribution in [3.8, 4) is 11.3 Å². The van der Waals surface area contributed by atoms with E-state index in [4.69, 9.17) is 9.97 Å². The summed E-state index contributed by atoms with van der Waals surface area (Å²) in [5, 5.41) is 0. The molecule has 4 aromatic heterocycles. The van der Waals surface area contributed by atoms with Crippen LogP contribution in [0.1, 0.15) is 0 Å². The number of rotatable bonds is 1. The van der Waals surface area contributed by atoms with Crippen molar-refractivity contribution in [2.45, 2.75) is 0 Å². The molecule has 4 nitrogen and oxygen atoms in total. The molecule has 0 bridgehead atoms. The van der Waals surface area contributed by atoms with E-state index >= 15 is 0 Å². The quantitative estimate of drug-likeness (QED) is 0.468. The highest BCUT2D eigenvalue weighted by atomic mass is 15.0. The molecular weight excluding hydrogens is 284 g/mol. The number of para-hydroxylation sites is 2. The van der Waals surface area contributed by atoms with E-state index in [1.54, 1.807) is 0 Å². The van der Waals surface area contributed by atoms with Crippen molar-refractivity contribution in [1.82, 2.24) is 19.4 Å². The molecule has 0 saturated carbocycles. The second-order valence-corrected chi connectivity index (χ2v) is 5.43. The average Bonchev–Trinajstić information content (AvgIpc) is 2.94. The first-order valence-electron chi connectivity index (χ1n) is 7.49. The molecule has 0 N–H and O–H groups in total. The predicted molar refractivity (Wildman–Crippen MR) is 91.2 cm³/mol. The average molecular weight is 296 g/mol. The normalized spacial score (nSPS) is 11.5. The minimum Gasteiger partial charge on any atom is -0.299 e. The third-order valence-electron chi connectivity index (χ3n) is 4.05. The molecule has 5 rings (SSSR count). The molecular formula is C19H12N4. The fourth-order valence-corrected chi connectivity index (χ4v) is 3.04. The van der Waals surface area contributed by atoms with Gasteiger partial charge in [0.25, 0.3) is 0 Å². The van der Waals surface area contributed by atoms with E-state index in [0.717, 1.165) is 39.0 Å². The van der Waals surface area contributed by atoms with E-state index in [2.05, 4.69) is 15.5 Å². The highest BCUT2D eigenvalue weighted by Crippen LogP contribution is 2.33. The molecule has 0 atom stereocenters. The maximum Gasteiger partial charge on any atom is 0.164 e. The van der Waals surface area contributed by atoms with Gasteiger partial charge in [-0.3, -0.25) is 9.38 Å². The third-order valence-corrected chi connectivity index (χ3v) is 4.05. The van der Waals surface area contributed by atoms with Crippen molar-refractivity contribution in [3.05, 3.63) is 73.1 Å². The van der Waals surface area contributed by atoms with Crippen LogP contribution >= 0.6 is 0 Å². The molecule has 4 heteroatoms. The van der Waals surface area contributed by atoms with Crippen LogP contribution in [0.25, 0.3) is 39.0 Å². The number of aromatic nitrogens is 4. The predicted octanol–water partition coefficient (Wildman–Crippen LogP) is 4.10. The Kier molecular flexibility index (Phi) is 2.46. The van der Waals surface area contributed by atoms with Crippen LogP contribution in [0.5, 0.6) is 0 Å². The molecule has 1 aromatic carbocycles. The first-order valence-corrected chi connectivity index (χ1v) is 7.49. The number of fused-ring (bicyclic) bond motifs is 4. The van der Waals surface area contributed by atoms with Gasteiger partial charge in [0.05, 0.1) is 27.8 Å². The first-order chi connectivity index (χ1) is 11.4. The fourth-order valence-electron chi connectivity index (χ4n) is 3.04. The van der Waals surface area contributed by atoms with E-state index in [1.807, 2.05) is 67.0 Å². The van der Waals surface area contributed by atoms with Crippen LogP contribution in [-0.2, 0) is 0 Å². The Morgan fingerprint density at radius 1 is 0.739 bits per heavy atom. The monoisotopic (exact) mass is 296 g/mol. The molecule has 23 heavy (non-hydrogen) atoms. The molecule has 0 aliphatic carbocycles. The molecule has 0 fully saturated rings. The van der Waals surface area contributed by atoms with Crippen molar-refractivity contribution in [3.63, 3.8) is 0 Å². The molecule has 108 valence electrons. The third kappa shape index (κ3) is 1.75. The Hall–Kier alpha value is -3.27. The van der Waals surface area contributed by atoms with Gasteiger partial charge in [-0.2, -0.15) is 0 Å². The van der Waals surface area contributed by atoms with Crippen LogP contribution in [0.15, 0.2) is 73.1 Å². The van der Waals surface area contributed by atoms with Gasteiger partial charge in [0.1, 0.15) is 5.52 Å².